The molecule has 4 heteroatoms. The maximum Gasteiger partial charge on any atom is 0.238 e. The van der Waals surface area contributed by atoms with Gasteiger partial charge in [-0.15, -0.1) is 0 Å². The molecule has 0 atom stereocenters. The maximum absolute atomic E-state index is 11.6. The van der Waals surface area contributed by atoms with Crippen LogP contribution in [0.3, 0.4) is 0 Å². The highest BCUT2D eigenvalue weighted by molar-refractivity contribution is 5.92. The van der Waals surface area contributed by atoms with Gasteiger partial charge < -0.3 is 15.1 Å². The minimum Gasteiger partial charge on any atom is -0.325 e. The van der Waals surface area contributed by atoms with Crippen molar-refractivity contribution >= 4 is 11.6 Å². The Hall–Kier alpha value is -1.39. The van der Waals surface area contributed by atoms with Crippen LogP contribution in [0, 0.1) is 0 Å². The van der Waals surface area contributed by atoms with E-state index in [9.17, 15) is 4.79 Å². The quantitative estimate of drug-likeness (QED) is 0.832. The topological polar surface area (TPSA) is 35.6 Å². The van der Waals surface area contributed by atoms with E-state index in [1.165, 1.54) is 5.56 Å². The Balaban J connectivity index is 2.61. The van der Waals surface area contributed by atoms with Gasteiger partial charge in [0.1, 0.15) is 0 Å². The Morgan fingerprint density at radius 2 is 2.00 bits per heavy atom. The lowest BCUT2D eigenvalue weighted by molar-refractivity contribution is -0.116. The van der Waals surface area contributed by atoms with Gasteiger partial charge in [0.2, 0.25) is 5.91 Å². The number of hydrogen-bond acceptors (Lipinski definition) is 3. The number of hydrogen-bond donors (Lipinski definition) is 1. The molecule has 1 amide bonds. The summed E-state index contributed by atoms with van der Waals surface area (Å²) in [6, 6.07) is 8.00. The Kier molecular flexibility index (Phi) is 5.82. The summed E-state index contributed by atoms with van der Waals surface area (Å²) in [6.45, 7) is 4.44. The molecule has 1 aromatic rings. The van der Waals surface area contributed by atoms with Gasteiger partial charge in [0.25, 0.3) is 0 Å². The van der Waals surface area contributed by atoms with E-state index in [0.29, 0.717) is 6.54 Å². The molecule has 1 rings (SSSR count). The number of nitrogens with one attached hydrogen (secondary N) is 1. The van der Waals surface area contributed by atoms with Crippen LogP contribution in [0.4, 0.5) is 5.69 Å². The second-order valence-corrected chi connectivity index (χ2v) is 4.82. The van der Waals surface area contributed by atoms with Gasteiger partial charge in [-0.25, -0.2) is 0 Å². The zero-order valence-corrected chi connectivity index (χ0v) is 11.7. The number of benzene rings is 1. The molecule has 0 bridgehead atoms. The molecule has 0 radical (unpaired) electrons. The number of anilines is 1. The fourth-order valence-corrected chi connectivity index (χ4v) is 1.66. The number of carbonyl (C=O) groups excluding carboxylic acids is 1. The van der Waals surface area contributed by atoms with Crippen LogP contribution in [0.1, 0.15) is 12.5 Å². The summed E-state index contributed by atoms with van der Waals surface area (Å²) >= 11 is 0. The molecule has 0 saturated heterocycles. The van der Waals surface area contributed by atoms with Crippen LogP contribution in [-0.4, -0.2) is 49.9 Å². The summed E-state index contributed by atoms with van der Waals surface area (Å²) in [7, 11) is 5.84. The third-order valence-corrected chi connectivity index (χ3v) is 2.66. The van der Waals surface area contributed by atoms with Crippen LogP contribution in [0.15, 0.2) is 24.3 Å². The molecule has 0 aliphatic rings. The van der Waals surface area contributed by atoms with Gasteiger partial charge in [-0.1, -0.05) is 19.1 Å². The fraction of sp³-hybridized carbons (Fsp3) is 0.500. The van der Waals surface area contributed by atoms with Crippen molar-refractivity contribution in [3.63, 3.8) is 0 Å². The van der Waals surface area contributed by atoms with Gasteiger partial charge in [-0.2, -0.15) is 0 Å². The van der Waals surface area contributed by atoms with Gasteiger partial charge in [-0.3, -0.25) is 4.79 Å². The molecule has 100 valence electrons. The molecule has 4 nitrogen and oxygen atoms in total. The largest absolute Gasteiger partial charge is 0.325 e. The first-order valence-electron chi connectivity index (χ1n) is 6.23. The van der Waals surface area contributed by atoms with Gasteiger partial charge >= 0.3 is 0 Å². The lowest BCUT2D eigenvalue weighted by Crippen LogP contribution is -2.27. The Labute approximate surface area is 110 Å². The molecule has 1 aromatic carbocycles. The van der Waals surface area contributed by atoms with E-state index >= 15 is 0 Å². The predicted octanol–water partition coefficient (Wildman–Crippen LogP) is 1.64. The second kappa shape index (κ2) is 7.13. The summed E-state index contributed by atoms with van der Waals surface area (Å²) in [4.78, 5) is 15.7. The minimum atomic E-state index is 0.0148. The van der Waals surface area contributed by atoms with Crippen molar-refractivity contribution in [3.05, 3.63) is 29.8 Å². The van der Waals surface area contributed by atoms with Crippen LogP contribution >= 0.6 is 0 Å². The zero-order valence-electron chi connectivity index (χ0n) is 11.7. The molecular formula is C14H23N3O. The number of likely N-dealkylation sites (N-methyl/N-ethyl adjacent to an activating group) is 1. The first kappa shape index (κ1) is 14.7. The normalized spacial score (nSPS) is 11.0. The Morgan fingerprint density at radius 3 is 2.61 bits per heavy atom. The van der Waals surface area contributed by atoms with Crippen LogP contribution in [0.5, 0.6) is 0 Å². The number of amides is 1. The van der Waals surface area contributed by atoms with Gasteiger partial charge in [0.15, 0.2) is 0 Å². The van der Waals surface area contributed by atoms with E-state index in [0.717, 1.165) is 18.8 Å². The van der Waals surface area contributed by atoms with Crippen molar-refractivity contribution in [1.82, 2.24) is 9.80 Å². The summed E-state index contributed by atoms with van der Waals surface area (Å²) in [6.07, 6.45) is 0. The van der Waals surface area contributed by atoms with Crippen LogP contribution in [0.25, 0.3) is 0 Å². The minimum absolute atomic E-state index is 0.0148. The molecule has 0 spiro atoms. The summed E-state index contributed by atoms with van der Waals surface area (Å²) in [5.74, 6) is 0.0148. The van der Waals surface area contributed by atoms with Crippen LogP contribution in [0.2, 0.25) is 0 Å². The van der Waals surface area contributed by atoms with E-state index in [1.54, 1.807) is 0 Å². The van der Waals surface area contributed by atoms with E-state index in [4.69, 9.17) is 0 Å². The van der Waals surface area contributed by atoms with E-state index in [-0.39, 0.29) is 5.91 Å². The molecule has 0 heterocycles. The van der Waals surface area contributed by atoms with Crippen molar-refractivity contribution < 1.29 is 4.79 Å². The molecule has 0 saturated carbocycles. The third kappa shape index (κ3) is 5.29. The molecule has 0 fully saturated rings. The van der Waals surface area contributed by atoms with E-state index < -0.39 is 0 Å². The summed E-state index contributed by atoms with van der Waals surface area (Å²) < 4.78 is 0. The SMILES string of the molecule is CCN(C)Cc1cccc(NC(=O)CN(C)C)c1. The molecule has 18 heavy (non-hydrogen) atoms. The molecule has 0 unspecified atom stereocenters. The average molecular weight is 249 g/mol. The standard InChI is InChI=1S/C14H23N3O/c1-5-17(4)10-12-7-6-8-13(9-12)15-14(18)11-16(2)3/h6-9H,5,10-11H2,1-4H3,(H,15,18). The van der Waals surface area contributed by atoms with Gasteiger partial charge in [-0.05, 0) is 45.4 Å². The molecule has 0 aliphatic carbocycles. The molecule has 0 aliphatic heterocycles. The van der Waals surface area contributed by atoms with E-state index in [2.05, 4.69) is 30.3 Å². The smallest absolute Gasteiger partial charge is 0.238 e. The van der Waals surface area contributed by atoms with Crippen molar-refractivity contribution in [2.75, 3.05) is 39.5 Å². The molecule has 0 aromatic heterocycles. The second-order valence-electron chi connectivity index (χ2n) is 4.82. The monoisotopic (exact) mass is 249 g/mol. The lowest BCUT2D eigenvalue weighted by atomic mass is 10.2. The highest BCUT2D eigenvalue weighted by atomic mass is 16.2. The highest BCUT2D eigenvalue weighted by Gasteiger charge is 2.04. The summed E-state index contributed by atoms with van der Waals surface area (Å²) in [5, 5.41) is 2.91. The number of carbonyl (C=O) groups is 1. The predicted molar refractivity (Wildman–Crippen MR) is 75.6 cm³/mol. The average Bonchev–Trinajstić information content (AvgIpc) is 2.28. The Morgan fingerprint density at radius 1 is 1.28 bits per heavy atom. The van der Waals surface area contributed by atoms with Crippen molar-refractivity contribution in [3.8, 4) is 0 Å². The maximum atomic E-state index is 11.6. The molecular weight excluding hydrogens is 226 g/mol. The van der Waals surface area contributed by atoms with Crippen molar-refractivity contribution in [2.24, 2.45) is 0 Å². The van der Waals surface area contributed by atoms with Crippen molar-refractivity contribution in [2.45, 2.75) is 13.5 Å². The van der Waals surface area contributed by atoms with Crippen LogP contribution < -0.4 is 5.32 Å². The zero-order chi connectivity index (χ0) is 13.5. The van der Waals surface area contributed by atoms with Crippen molar-refractivity contribution in [1.29, 1.82) is 0 Å². The third-order valence-electron chi connectivity index (χ3n) is 2.66. The first-order valence-corrected chi connectivity index (χ1v) is 6.23. The van der Waals surface area contributed by atoms with Gasteiger partial charge in [0, 0.05) is 12.2 Å². The molecule has 1 N–H and O–H groups in total. The fourth-order valence-electron chi connectivity index (χ4n) is 1.66. The van der Waals surface area contributed by atoms with Crippen LogP contribution in [-0.2, 0) is 11.3 Å². The van der Waals surface area contributed by atoms with Gasteiger partial charge in [0.05, 0.1) is 6.54 Å². The Bertz CT molecular complexity index is 390. The summed E-state index contributed by atoms with van der Waals surface area (Å²) in [5.41, 5.74) is 2.07. The van der Waals surface area contributed by atoms with E-state index in [1.807, 2.05) is 37.2 Å². The number of nitrogens with zero attached hydrogens (tertiary/aromatic N) is 2. The first-order chi connectivity index (χ1) is 8.51. The highest BCUT2D eigenvalue weighted by Crippen LogP contribution is 2.12. The number of rotatable bonds is 6. The lowest BCUT2D eigenvalue weighted by Gasteiger charge is -2.15.